The van der Waals surface area contributed by atoms with Gasteiger partial charge in [-0.3, -0.25) is 52.6 Å². The Balaban J connectivity index is 0.990. The standard InChI is InChI=1S/C86H98Cl4N14O26/c1-37(2)25-51(92-5)77(116)100-68-70(111)41-12-16-55(49(89)28-41)126-57-30-43-31-58(74(57)130-84-75(73(114)72(113)59(36-105)128-84)129-63-35-86(4,76(115)38(3)125-63)93-20-23-104-22-19-61(96-85(104)123)95-62(110)18-10-39-9-14-47(87)48(88)26-39)127-56-17-13-42(29-50(56)90)71(112)69-82(121)99-67(83(122)102-124-24-8-21-103(6)7)46-32-44(106)33-54(108)64(46)45-27-40(11-15-53(45)107)65(79(118)101-69)98-80(119)66(43)97-78(117)52(34-60(91)109)94-81(68)120/h9-19,22,26-33,37-38,51-52,59,63,65-73,75-76,84,92-93,105-108,111-115H,8,20-21,23-25,34-36H2,1-7H3,(H2,91,109)(H,94,120)(H,97,117)(H,98,119)(H,99,121)(H,100,116)(H,101,118)(H,102,122)(H,95,96,110,123)/t38-,51+,52-,59+,63-,65+,66+,67+,68+,69-,70+,71+,72+,73-,75+,76+,84-,86-/m0/s1. The number of aliphatic hydroxyl groups is 6. The predicted molar refractivity (Wildman–Crippen MR) is 465 cm³/mol. The second kappa shape index (κ2) is 42.2. The minimum absolute atomic E-state index is 0.0456. The number of carbonyl (C=O) groups excluding carboxylic acids is 9. The molecule has 696 valence electrons. The number of phenols is 3. The largest absolute Gasteiger partial charge is 0.508 e. The zero-order valence-corrected chi connectivity index (χ0v) is 73.7. The molecule has 40 nitrogen and oxygen atoms in total. The normalized spacial score (nSPS) is 25.5. The number of phenolic OH excluding ortho intramolecular Hbond substituents is 3. The highest BCUT2D eigenvalue weighted by Crippen LogP contribution is 2.50. The molecule has 18 atom stereocenters. The summed E-state index contributed by atoms with van der Waals surface area (Å²) >= 11 is 26.6. The number of halogens is 4. The number of anilines is 1. The highest BCUT2D eigenvalue weighted by atomic mass is 35.5. The number of benzene rings is 6. The third-order valence-corrected chi connectivity index (χ3v) is 23.5. The van der Waals surface area contributed by atoms with Gasteiger partial charge in [0, 0.05) is 54.5 Å². The Morgan fingerprint density at radius 2 is 1.38 bits per heavy atom. The molecular formula is C86H98Cl4N14O26. The van der Waals surface area contributed by atoms with Crippen LogP contribution in [0.1, 0.15) is 117 Å². The molecule has 11 bridgehead atoms. The van der Waals surface area contributed by atoms with Crippen LogP contribution in [0.25, 0.3) is 17.2 Å². The summed E-state index contributed by atoms with van der Waals surface area (Å²) in [5.41, 5.74) is 3.79. The van der Waals surface area contributed by atoms with Crippen LogP contribution in [0.3, 0.4) is 0 Å². The number of likely N-dealkylation sites (N-methyl/N-ethyl adjacent to an activating group) is 1. The second-order valence-electron chi connectivity index (χ2n) is 32.5. The van der Waals surface area contributed by atoms with Gasteiger partial charge < -0.3 is 133 Å². The molecule has 7 aromatic rings. The van der Waals surface area contributed by atoms with Crippen molar-refractivity contribution in [1.29, 1.82) is 0 Å². The topological polar surface area (TPSA) is 585 Å². The van der Waals surface area contributed by atoms with Crippen LogP contribution < -0.4 is 79.0 Å². The lowest BCUT2D eigenvalue weighted by Crippen LogP contribution is -2.65. The average Bonchev–Trinajstić information content (AvgIpc) is 0.699. The van der Waals surface area contributed by atoms with E-state index in [1.165, 1.54) is 55.1 Å². The van der Waals surface area contributed by atoms with Crippen LogP contribution in [0.4, 0.5) is 5.82 Å². The van der Waals surface area contributed by atoms with Crippen molar-refractivity contribution in [1.82, 2.24) is 62.5 Å². The Kier molecular flexibility index (Phi) is 31.7. The molecule has 2 fully saturated rings. The Morgan fingerprint density at radius 3 is 2.02 bits per heavy atom. The summed E-state index contributed by atoms with van der Waals surface area (Å²) in [5, 5.41) is 131. The Hall–Kier alpha value is -11.4. The van der Waals surface area contributed by atoms with Gasteiger partial charge in [0.2, 0.25) is 59.3 Å². The van der Waals surface area contributed by atoms with Gasteiger partial charge in [-0.2, -0.15) is 4.98 Å². The number of hydrogen-bond donors (Lipinski definition) is 20. The molecule has 0 spiro atoms. The molecule has 0 saturated carbocycles. The van der Waals surface area contributed by atoms with E-state index in [-0.39, 0.29) is 71.7 Å². The molecule has 21 N–H and O–H groups in total. The van der Waals surface area contributed by atoms with Crippen LogP contribution in [0.2, 0.25) is 20.1 Å². The fraction of sp³-hybridized carbons (Fsp3) is 0.407. The van der Waals surface area contributed by atoms with Crippen molar-refractivity contribution < 1.29 is 122 Å². The number of nitrogens with one attached hydrogen (secondary N) is 10. The van der Waals surface area contributed by atoms with Gasteiger partial charge in [0.05, 0.1) is 58.0 Å². The van der Waals surface area contributed by atoms with E-state index in [1.807, 2.05) is 18.7 Å². The highest BCUT2D eigenvalue weighted by molar-refractivity contribution is 6.42. The first-order valence-electron chi connectivity index (χ1n) is 41.0. The third kappa shape index (κ3) is 22.9. The van der Waals surface area contributed by atoms with Gasteiger partial charge in [-0.15, -0.1) is 0 Å². The van der Waals surface area contributed by atoms with Gasteiger partial charge in [0.25, 0.3) is 5.91 Å². The number of hydrogen-bond acceptors (Lipinski definition) is 30. The number of rotatable bonds is 25. The molecule has 14 rings (SSSR count). The second-order valence-corrected chi connectivity index (χ2v) is 34.1. The number of carbonyl (C=O) groups is 9. The van der Waals surface area contributed by atoms with Crippen LogP contribution in [0, 0.1) is 5.92 Å². The van der Waals surface area contributed by atoms with E-state index in [2.05, 4.69) is 58.3 Å². The molecule has 1 aromatic heterocycles. The molecule has 8 heterocycles. The summed E-state index contributed by atoms with van der Waals surface area (Å²) in [4.78, 5) is 158. The zero-order chi connectivity index (χ0) is 94.2. The van der Waals surface area contributed by atoms with Gasteiger partial charge >= 0.3 is 5.69 Å². The smallest absolute Gasteiger partial charge is 0.349 e. The molecule has 0 unspecified atom stereocenters. The Morgan fingerprint density at radius 1 is 0.723 bits per heavy atom. The van der Waals surface area contributed by atoms with Crippen molar-refractivity contribution >= 4 is 111 Å². The summed E-state index contributed by atoms with van der Waals surface area (Å²) in [7, 11) is 5.05. The number of aromatic nitrogens is 2. The molecule has 0 radical (unpaired) electrons. The number of amides is 9. The lowest BCUT2D eigenvalue weighted by atomic mass is 9.85. The fourth-order valence-electron chi connectivity index (χ4n) is 15.4. The van der Waals surface area contributed by atoms with E-state index in [0.29, 0.717) is 23.6 Å². The monoisotopic (exact) mass is 1880 g/mol. The van der Waals surface area contributed by atoms with Crippen LogP contribution in [0.15, 0.2) is 120 Å². The lowest BCUT2D eigenvalue weighted by Gasteiger charge is -2.48. The average molecular weight is 1890 g/mol. The number of hydroxylamine groups is 1. The number of ether oxygens (including phenoxy) is 6. The molecule has 44 heteroatoms. The molecule has 7 aliphatic rings. The van der Waals surface area contributed by atoms with E-state index >= 15 is 24.0 Å². The molecule has 2 saturated heterocycles. The maximum absolute atomic E-state index is 16.4. The van der Waals surface area contributed by atoms with Crippen molar-refractivity contribution in [2.75, 3.05) is 52.8 Å². The molecular weight excluding hydrogens is 1790 g/mol. The minimum Gasteiger partial charge on any atom is -0.508 e. The quantitative estimate of drug-likeness (QED) is 0.0222. The first kappa shape index (κ1) is 97.7. The van der Waals surface area contributed by atoms with Crippen molar-refractivity contribution in [3.05, 3.63) is 179 Å². The van der Waals surface area contributed by atoms with Crippen molar-refractivity contribution in [2.24, 2.45) is 11.7 Å². The summed E-state index contributed by atoms with van der Waals surface area (Å²) in [6, 6.07) is 5.73. The molecule has 6 aromatic carbocycles. The van der Waals surface area contributed by atoms with Gasteiger partial charge in [-0.1, -0.05) is 84.5 Å². The number of fused-ring (bicyclic) bond motifs is 15. The van der Waals surface area contributed by atoms with Crippen molar-refractivity contribution in [3.8, 4) is 57.1 Å². The number of nitrogens with two attached hydrogens (primary N) is 1. The van der Waals surface area contributed by atoms with E-state index in [4.69, 9.17) is 85.4 Å². The lowest BCUT2D eigenvalue weighted by molar-refractivity contribution is -0.334. The highest BCUT2D eigenvalue weighted by Gasteiger charge is 2.52. The Labute approximate surface area is 762 Å². The van der Waals surface area contributed by atoms with Gasteiger partial charge in [-0.05, 0) is 173 Å². The summed E-state index contributed by atoms with van der Waals surface area (Å²) < 4.78 is 40.7. The van der Waals surface area contributed by atoms with E-state index in [0.717, 1.165) is 66.7 Å². The van der Waals surface area contributed by atoms with E-state index in [1.54, 1.807) is 39.2 Å². The predicted octanol–water partition coefficient (Wildman–Crippen LogP) is 2.87. The van der Waals surface area contributed by atoms with E-state index < -0.39 is 254 Å². The first-order valence-corrected chi connectivity index (χ1v) is 42.5. The van der Waals surface area contributed by atoms with Crippen molar-refractivity contribution in [3.63, 3.8) is 0 Å². The maximum atomic E-state index is 16.4. The first-order chi connectivity index (χ1) is 61.7. The van der Waals surface area contributed by atoms with Crippen LogP contribution in [-0.4, -0.2) is 240 Å². The van der Waals surface area contributed by atoms with Gasteiger partial charge in [0.1, 0.15) is 101 Å². The maximum Gasteiger partial charge on any atom is 0.349 e. The van der Waals surface area contributed by atoms with Gasteiger partial charge in [-0.25, -0.2) is 10.3 Å². The van der Waals surface area contributed by atoms with Gasteiger partial charge in [0.15, 0.2) is 23.9 Å². The third-order valence-electron chi connectivity index (χ3n) is 22.2. The summed E-state index contributed by atoms with van der Waals surface area (Å²) in [6.07, 6.45) is -15.2. The van der Waals surface area contributed by atoms with Crippen molar-refractivity contribution in [2.45, 2.75) is 169 Å². The van der Waals surface area contributed by atoms with Crippen LogP contribution in [-0.2, 0) is 68.7 Å². The molecule has 130 heavy (non-hydrogen) atoms. The molecule has 9 amide bonds. The minimum atomic E-state index is -2.40. The van der Waals surface area contributed by atoms with E-state index in [9.17, 15) is 69.9 Å². The Bertz CT molecular complexity index is 5540. The SMILES string of the molecule is CN[C@H](CC(C)C)C(=O)N[C@H]1C(=O)N[C@@H](CC(N)=O)C(=O)N[C@H]2C(=O)N[C@H]3C(=O)N[C@H](C(=O)N[C@@H](C(=O)NOCCCN(C)C)c4cc(O)cc(O)c4-c4cc3ccc4O)[C@H](O)c3ccc(c(Cl)c3)Oc3cc2cc(c3O[C@@H]2O[C@H](CO)[C@@H](O)[C@H](O)[C@H]2O[C@H]2C[C@](C)(NCCn3ccc(NC(=O)C=Cc4ccc(Cl)c(Cl)c4)nc3=O)[C@H](O)[C@H](C)O2)Oc2ccc(cc2Cl)[C@H]1O. The number of aliphatic hydroxyl groups excluding tert-OH is 6. The zero-order valence-electron chi connectivity index (χ0n) is 70.7. The van der Waals surface area contributed by atoms with Crippen LogP contribution >= 0.6 is 46.4 Å². The number of nitrogens with zero attached hydrogens (tertiary/aromatic N) is 3. The van der Waals surface area contributed by atoms with Crippen LogP contribution in [0.5, 0.6) is 46.0 Å². The summed E-state index contributed by atoms with van der Waals surface area (Å²) in [5.74, 6) is -16.2. The number of aromatic hydroxyl groups is 3. The number of primary amides is 1. The summed E-state index contributed by atoms with van der Waals surface area (Å²) in [6.45, 7) is 5.97. The molecule has 7 aliphatic heterocycles. The molecule has 0 aliphatic carbocycles. The fourth-order valence-corrected chi connectivity index (χ4v) is 16.1.